The van der Waals surface area contributed by atoms with Gasteiger partial charge in [-0.2, -0.15) is 0 Å². The molecule has 1 aromatic carbocycles. The van der Waals surface area contributed by atoms with Crippen LogP contribution >= 0.6 is 0 Å². The van der Waals surface area contributed by atoms with Crippen LogP contribution in [0.2, 0.25) is 0 Å². The number of nitrogens with one attached hydrogen (secondary N) is 1. The van der Waals surface area contributed by atoms with E-state index in [0.717, 1.165) is 16.9 Å². The van der Waals surface area contributed by atoms with Crippen LogP contribution in [-0.4, -0.2) is 37.0 Å². The van der Waals surface area contributed by atoms with Crippen LogP contribution in [0.1, 0.15) is 31.7 Å². The lowest BCUT2D eigenvalue weighted by Crippen LogP contribution is -2.40. The van der Waals surface area contributed by atoms with Crippen molar-refractivity contribution >= 4 is 11.9 Å². The number of carbonyl (C=O) groups is 2. The molecule has 1 aliphatic heterocycles. The topological polar surface area (TPSA) is 93.0 Å². The molecule has 1 fully saturated rings. The number of amides is 3. The molecule has 1 aliphatic rings. The predicted octanol–water partition coefficient (Wildman–Crippen LogP) is 1.05. The number of aromatic nitrogens is 4. The largest absolute Gasteiger partial charge is 0.325 e. The van der Waals surface area contributed by atoms with Crippen molar-refractivity contribution in [3.63, 3.8) is 0 Å². The Morgan fingerprint density at radius 1 is 1.22 bits per heavy atom. The molecule has 3 amide bonds. The van der Waals surface area contributed by atoms with Crippen molar-refractivity contribution in [2.75, 3.05) is 0 Å². The van der Waals surface area contributed by atoms with Crippen molar-refractivity contribution < 1.29 is 9.59 Å². The van der Waals surface area contributed by atoms with Crippen LogP contribution in [-0.2, 0) is 23.4 Å². The molecular formula is C15H18N6O2. The van der Waals surface area contributed by atoms with E-state index in [1.807, 2.05) is 37.3 Å². The monoisotopic (exact) mass is 314 g/mol. The first kappa shape index (κ1) is 15.1. The van der Waals surface area contributed by atoms with Gasteiger partial charge in [-0.1, -0.05) is 37.3 Å². The van der Waals surface area contributed by atoms with Crippen molar-refractivity contribution in [1.82, 2.24) is 30.4 Å². The van der Waals surface area contributed by atoms with Gasteiger partial charge in [0, 0.05) is 6.54 Å². The van der Waals surface area contributed by atoms with E-state index in [9.17, 15) is 9.59 Å². The van der Waals surface area contributed by atoms with E-state index in [0.29, 0.717) is 12.4 Å². The van der Waals surface area contributed by atoms with Gasteiger partial charge in [0.2, 0.25) is 0 Å². The Bertz CT molecular complexity index is 729. The van der Waals surface area contributed by atoms with Gasteiger partial charge < -0.3 is 5.32 Å². The third-order valence-corrected chi connectivity index (χ3v) is 3.97. The summed E-state index contributed by atoms with van der Waals surface area (Å²) in [4.78, 5) is 26.2. The van der Waals surface area contributed by atoms with E-state index < -0.39 is 11.6 Å². The molecule has 0 radical (unpaired) electrons. The van der Waals surface area contributed by atoms with Gasteiger partial charge in [-0.25, -0.2) is 9.48 Å². The number of urea groups is 1. The van der Waals surface area contributed by atoms with Crippen molar-refractivity contribution in [3.05, 3.63) is 41.7 Å². The standard InChI is InChI=1S/C15H18N6O2/c1-3-9-21-12(17-18-19-21)10-20-13(22)15(2,16-14(20)23)11-7-5-4-6-8-11/h4-8H,3,9-10H2,1-2H3,(H,16,23). The summed E-state index contributed by atoms with van der Waals surface area (Å²) in [5.41, 5.74) is -0.324. The zero-order valence-corrected chi connectivity index (χ0v) is 13.1. The van der Waals surface area contributed by atoms with Crippen LogP contribution < -0.4 is 5.32 Å². The average molecular weight is 314 g/mol. The molecule has 0 saturated carbocycles. The van der Waals surface area contributed by atoms with E-state index in [1.165, 1.54) is 0 Å². The second-order valence-corrected chi connectivity index (χ2v) is 5.63. The highest BCUT2D eigenvalue weighted by molar-refractivity contribution is 6.07. The van der Waals surface area contributed by atoms with Gasteiger partial charge in [-0.3, -0.25) is 9.69 Å². The molecule has 2 aromatic rings. The Morgan fingerprint density at radius 2 is 1.96 bits per heavy atom. The highest BCUT2D eigenvalue weighted by Crippen LogP contribution is 2.29. The first-order chi connectivity index (χ1) is 11.1. The second-order valence-electron chi connectivity index (χ2n) is 5.63. The first-order valence-corrected chi connectivity index (χ1v) is 7.51. The zero-order valence-electron chi connectivity index (χ0n) is 13.1. The number of rotatable bonds is 5. The van der Waals surface area contributed by atoms with Gasteiger partial charge in [0.1, 0.15) is 5.54 Å². The Balaban J connectivity index is 1.86. The van der Waals surface area contributed by atoms with Crippen LogP contribution in [0, 0.1) is 0 Å². The maximum Gasteiger partial charge on any atom is 0.325 e. The Kier molecular flexibility index (Phi) is 3.81. The molecule has 120 valence electrons. The van der Waals surface area contributed by atoms with Crippen LogP contribution in [0.15, 0.2) is 30.3 Å². The van der Waals surface area contributed by atoms with E-state index >= 15 is 0 Å². The lowest BCUT2D eigenvalue weighted by atomic mass is 9.92. The third-order valence-electron chi connectivity index (χ3n) is 3.97. The minimum absolute atomic E-state index is 0.0556. The lowest BCUT2D eigenvalue weighted by molar-refractivity contribution is -0.131. The summed E-state index contributed by atoms with van der Waals surface area (Å²) in [7, 11) is 0. The lowest BCUT2D eigenvalue weighted by Gasteiger charge is -2.22. The molecule has 1 saturated heterocycles. The molecular weight excluding hydrogens is 296 g/mol. The number of imide groups is 1. The fraction of sp³-hybridized carbons (Fsp3) is 0.400. The number of carbonyl (C=O) groups excluding carboxylic acids is 2. The van der Waals surface area contributed by atoms with E-state index in [-0.39, 0.29) is 12.5 Å². The number of nitrogens with zero attached hydrogens (tertiary/aromatic N) is 5. The number of aryl methyl sites for hydroxylation is 1. The van der Waals surface area contributed by atoms with Gasteiger partial charge in [-0.05, 0) is 29.3 Å². The minimum atomic E-state index is -1.07. The van der Waals surface area contributed by atoms with Crippen LogP contribution in [0.4, 0.5) is 4.79 Å². The van der Waals surface area contributed by atoms with E-state index in [1.54, 1.807) is 11.6 Å². The number of hydrogen-bond acceptors (Lipinski definition) is 5. The van der Waals surface area contributed by atoms with Gasteiger partial charge in [0.25, 0.3) is 5.91 Å². The maximum atomic E-state index is 12.8. The summed E-state index contributed by atoms with van der Waals surface area (Å²) in [6.07, 6.45) is 0.861. The fourth-order valence-electron chi connectivity index (χ4n) is 2.67. The van der Waals surface area contributed by atoms with Crippen molar-refractivity contribution in [2.24, 2.45) is 0 Å². The Hall–Kier alpha value is -2.77. The highest BCUT2D eigenvalue weighted by atomic mass is 16.2. The molecule has 1 aromatic heterocycles. The van der Waals surface area contributed by atoms with E-state index in [4.69, 9.17) is 0 Å². The Labute approximate surface area is 133 Å². The smallest absolute Gasteiger partial charge is 0.319 e. The van der Waals surface area contributed by atoms with Crippen LogP contribution in [0.5, 0.6) is 0 Å². The molecule has 2 heterocycles. The second kappa shape index (κ2) is 5.79. The summed E-state index contributed by atoms with van der Waals surface area (Å²) in [6, 6.07) is 8.75. The van der Waals surface area contributed by atoms with Crippen LogP contribution in [0.3, 0.4) is 0 Å². The molecule has 0 aliphatic carbocycles. The molecule has 1 unspecified atom stereocenters. The number of tetrazole rings is 1. The highest BCUT2D eigenvalue weighted by Gasteiger charge is 2.49. The minimum Gasteiger partial charge on any atom is -0.319 e. The molecule has 1 atom stereocenters. The predicted molar refractivity (Wildman–Crippen MR) is 81.0 cm³/mol. The summed E-state index contributed by atoms with van der Waals surface area (Å²) in [5.74, 6) is 0.187. The van der Waals surface area contributed by atoms with Gasteiger partial charge in [0.15, 0.2) is 5.82 Å². The first-order valence-electron chi connectivity index (χ1n) is 7.51. The third kappa shape index (κ3) is 2.56. The quantitative estimate of drug-likeness (QED) is 0.833. The average Bonchev–Trinajstić information content (AvgIpc) is 3.08. The molecule has 0 bridgehead atoms. The normalized spacial score (nSPS) is 20.9. The van der Waals surface area contributed by atoms with E-state index in [2.05, 4.69) is 20.8 Å². The van der Waals surface area contributed by atoms with Crippen molar-refractivity contribution in [2.45, 2.75) is 38.9 Å². The molecule has 0 spiro atoms. The van der Waals surface area contributed by atoms with Crippen molar-refractivity contribution in [1.29, 1.82) is 0 Å². The Morgan fingerprint density at radius 3 is 2.65 bits per heavy atom. The van der Waals surface area contributed by atoms with Crippen LogP contribution in [0.25, 0.3) is 0 Å². The zero-order chi connectivity index (χ0) is 16.4. The molecule has 3 rings (SSSR count). The maximum absolute atomic E-state index is 12.8. The number of hydrogen-bond donors (Lipinski definition) is 1. The molecule has 1 N–H and O–H groups in total. The van der Waals surface area contributed by atoms with Gasteiger partial charge in [0.05, 0.1) is 6.54 Å². The molecule has 8 heteroatoms. The summed E-state index contributed by atoms with van der Waals surface area (Å²) in [5, 5.41) is 14.2. The van der Waals surface area contributed by atoms with Gasteiger partial charge in [-0.15, -0.1) is 5.10 Å². The summed E-state index contributed by atoms with van der Waals surface area (Å²) < 4.78 is 1.61. The summed E-state index contributed by atoms with van der Waals surface area (Å²) in [6.45, 7) is 4.41. The SMILES string of the molecule is CCCn1nnnc1CN1C(=O)NC(C)(c2ccccc2)C1=O. The molecule has 8 nitrogen and oxygen atoms in total. The van der Waals surface area contributed by atoms with Crippen molar-refractivity contribution in [3.8, 4) is 0 Å². The fourth-order valence-corrected chi connectivity index (χ4v) is 2.67. The molecule has 23 heavy (non-hydrogen) atoms. The number of benzene rings is 1. The summed E-state index contributed by atoms with van der Waals surface area (Å²) >= 11 is 0. The van der Waals surface area contributed by atoms with Gasteiger partial charge >= 0.3 is 6.03 Å².